The van der Waals surface area contributed by atoms with E-state index in [4.69, 9.17) is 29.4 Å². The van der Waals surface area contributed by atoms with Crippen LogP contribution < -0.4 is 5.73 Å². The molecule has 11 nitrogen and oxygen atoms in total. The molecule has 0 aliphatic heterocycles. The first-order valence-corrected chi connectivity index (χ1v) is 28.9. The number of ether oxygens (including phenoxy) is 2. The van der Waals surface area contributed by atoms with E-state index in [1.165, 1.54) is 193 Å². The first kappa shape index (κ1) is 64.0. The smallest absolute Gasteiger partial charge is 0.472 e. The number of hydrogen-bond acceptors (Lipinski definition) is 9. The minimum absolute atomic E-state index is 0.163. The lowest BCUT2D eigenvalue weighted by Crippen LogP contribution is -2.34. The second-order valence-corrected chi connectivity index (χ2v) is 20.2. The molecule has 3 atom stereocenters. The van der Waals surface area contributed by atoms with Crippen molar-refractivity contribution in [3.05, 3.63) is 24.3 Å². The molecule has 66 heavy (non-hydrogen) atoms. The number of aliphatic carboxylic acids is 1. The van der Waals surface area contributed by atoms with Crippen molar-refractivity contribution in [1.29, 1.82) is 0 Å². The zero-order valence-electron chi connectivity index (χ0n) is 42.6. The Morgan fingerprint density at radius 1 is 0.455 bits per heavy atom. The number of phosphoric ester groups is 1. The third-order valence-electron chi connectivity index (χ3n) is 12.2. The summed E-state index contributed by atoms with van der Waals surface area (Å²) in [5.74, 6) is -2.36. The maximum absolute atomic E-state index is 12.7. The summed E-state index contributed by atoms with van der Waals surface area (Å²) in [7, 11) is -4.72. The van der Waals surface area contributed by atoms with Crippen LogP contribution in [0, 0.1) is 0 Å². The van der Waals surface area contributed by atoms with Crippen molar-refractivity contribution in [2.75, 3.05) is 19.8 Å². The quantitative estimate of drug-likeness (QED) is 0.0229. The standard InChI is InChI=1S/C54H102NO10P/c1-3-5-7-9-11-13-15-17-19-21-23-25-27-29-31-33-35-37-39-41-43-45-52(56)62-47-50(48-63-66(60,61)64-49-51(55)54(58)59)65-53(57)46-44-42-40-38-36-34-32-30-28-26-24-22-20-18-16-14-12-10-8-6-4-2/h17-20,50-51H,3-16,21-49,55H2,1-2H3,(H,58,59)(H,60,61)/b19-17-,20-18-/t50-,51+/m1/s1. The molecule has 0 aromatic rings. The fourth-order valence-electron chi connectivity index (χ4n) is 7.88. The molecule has 4 N–H and O–H groups in total. The van der Waals surface area contributed by atoms with Gasteiger partial charge in [-0.05, 0) is 64.2 Å². The molecule has 0 rings (SSSR count). The van der Waals surface area contributed by atoms with Gasteiger partial charge in [-0.2, -0.15) is 0 Å². The highest BCUT2D eigenvalue weighted by Crippen LogP contribution is 2.43. The van der Waals surface area contributed by atoms with Gasteiger partial charge in [-0.15, -0.1) is 0 Å². The van der Waals surface area contributed by atoms with Gasteiger partial charge in [0, 0.05) is 12.8 Å². The molecular formula is C54H102NO10P. The molecule has 0 bridgehead atoms. The SMILES string of the molecule is CCCCCCCC/C=C\CCCCCCCCCCCCCC(=O)OC[C@H](COP(=O)(O)OC[C@H](N)C(=O)O)OC(=O)CCCCCCCCCCCCC/C=C\CCCCCCCC. The summed E-state index contributed by atoms with van der Waals surface area (Å²) in [6.45, 7) is 2.85. The van der Waals surface area contributed by atoms with E-state index in [9.17, 15) is 23.8 Å². The number of phosphoric acid groups is 1. The van der Waals surface area contributed by atoms with Crippen LogP contribution in [0.2, 0.25) is 0 Å². The minimum Gasteiger partial charge on any atom is -0.480 e. The lowest BCUT2D eigenvalue weighted by atomic mass is 10.0. The topological polar surface area (TPSA) is 172 Å². The first-order chi connectivity index (χ1) is 32.1. The average molecular weight is 956 g/mol. The molecule has 0 fully saturated rings. The second kappa shape index (κ2) is 49.4. The summed E-state index contributed by atoms with van der Waals surface area (Å²) in [6.07, 6.45) is 55.2. The second-order valence-electron chi connectivity index (χ2n) is 18.7. The largest absolute Gasteiger partial charge is 0.480 e. The zero-order chi connectivity index (χ0) is 48.4. The maximum atomic E-state index is 12.7. The van der Waals surface area contributed by atoms with Gasteiger partial charge >= 0.3 is 25.7 Å². The Labute approximate surface area is 404 Å². The van der Waals surface area contributed by atoms with Crippen LogP contribution in [0.5, 0.6) is 0 Å². The lowest BCUT2D eigenvalue weighted by Gasteiger charge is -2.20. The number of carbonyl (C=O) groups is 3. The molecule has 0 saturated carbocycles. The van der Waals surface area contributed by atoms with Crippen LogP contribution in [0.15, 0.2) is 24.3 Å². The first-order valence-electron chi connectivity index (χ1n) is 27.4. The summed E-state index contributed by atoms with van der Waals surface area (Å²) >= 11 is 0. The van der Waals surface area contributed by atoms with Gasteiger partial charge in [-0.25, -0.2) is 4.57 Å². The Bertz CT molecular complexity index is 1210. The van der Waals surface area contributed by atoms with Gasteiger partial charge in [-0.1, -0.05) is 218 Å². The van der Waals surface area contributed by atoms with Gasteiger partial charge in [0.05, 0.1) is 13.2 Å². The van der Waals surface area contributed by atoms with E-state index in [0.717, 1.165) is 38.5 Å². The van der Waals surface area contributed by atoms with Crippen molar-refractivity contribution in [3.63, 3.8) is 0 Å². The van der Waals surface area contributed by atoms with Gasteiger partial charge < -0.3 is 25.2 Å². The summed E-state index contributed by atoms with van der Waals surface area (Å²) in [4.78, 5) is 46.3. The highest BCUT2D eigenvalue weighted by atomic mass is 31.2. The van der Waals surface area contributed by atoms with E-state index in [2.05, 4.69) is 38.2 Å². The number of nitrogens with two attached hydrogens (primary N) is 1. The molecule has 0 spiro atoms. The molecule has 0 radical (unpaired) electrons. The van der Waals surface area contributed by atoms with Crippen molar-refractivity contribution in [2.24, 2.45) is 5.73 Å². The van der Waals surface area contributed by atoms with Gasteiger partial charge in [0.1, 0.15) is 12.6 Å². The molecule has 1 unspecified atom stereocenters. The van der Waals surface area contributed by atoms with Gasteiger partial charge in [-0.3, -0.25) is 23.4 Å². The molecule has 0 heterocycles. The summed E-state index contributed by atoms with van der Waals surface area (Å²) in [5, 5.41) is 8.93. The average Bonchev–Trinajstić information content (AvgIpc) is 3.30. The lowest BCUT2D eigenvalue weighted by molar-refractivity contribution is -0.161. The number of rotatable bonds is 52. The number of carboxylic acids is 1. The minimum atomic E-state index is -4.72. The van der Waals surface area contributed by atoms with Crippen molar-refractivity contribution in [3.8, 4) is 0 Å². The number of carboxylic acid groups (broad SMARTS) is 1. The Hall–Kier alpha value is -2.04. The molecule has 0 aliphatic carbocycles. The molecule has 12 heteroatoms. The third kappa shape index (κ3) is 48.4. The van der Waals surface area contributed by atoms with E-state index >= 15 is 0 Å². The van der Waals surface area contributed by atoms with Crippen molar-refractivity contribution >= 4 is 25.7 Å². The van der Waals surface area contributed by atoms with Crippen LogP contribution in [0.1, 0.15) is 271 Å². The van der Waals surface area contributed by atoms with E-state index in [-0.39, 0.29) is 19.4 Å². The monoisotopic (exact) mass is 956 g/mol. The number of unbranched alkanes of at least 4 members (excludes halogenated alkanes) is 34. The highest BCUT2D eigenvalue weighted by molar-refractivity contribution is 7.47. The molecule has 0 aliphatic rings. The zero-order valence-corrected chi connectivity index (χ0v) is 43.4. The van der Waals surface area contributed by atoms with E-state index < -0.39 is 51.1 Å². The number of esters is 2. The normalized spacial score (nSPS) is 13.6. The number of hydrogen-bond donors (Lipinski definition) is 3. The third-order valence-corrected chi connectivity index (χ3v) is 13.1. The molecular weight excluding hydrogens is 854 g/mol. The van der Waals surface area contributed by atoms with E-state index in [1.54, 1.807) is 0 Å². The van der Waals surface area contributed by atoms with E-state index in [0.29, 0.717) is 12.8 Å². The predicted molar refractivity (Wildman–Crippen MR) is 272 cm³/mol. The molecule has 388 valence electrons. The van der Waals surface area contributed by atoms with Crippen molar-refractivity contribution in [2.45, 2.75) is 283 Å². The number of carbonyl (C=O) groups excluding carboxylic acids is 2. The highest BCUT2D eigenvalue weighted by Gasteiger charge is 2.28. The molecule has 0 aromatic carbocycles. The maximum Gasteiger partial charge on any atom is 0.472 e. The van der Waals surface area contributed by atoms with Crippen molar-refractivity contribution in [1.82, 2.24) is 0 Å². The number of allylic oxidation sites excluding steroid dienone is 4. The van der Waals surface area contributed by atoms with Gasteiger partial charge in [0.15, 0.2) is 6.10 Å². The van der Waals surface area contributed by atoms with Crippen LogP contribution in [0.3, 0.4) is 0 Å². The Morgan fingerprint density at radius 2 is 0.758 bits per heavy atom. The Kier molecular flexibility index (Phi) is 47.9. The summed E-state index contributed by atoms with van der Waals surface area (Å²) < 4.78 is 32.9. The van der Waals surface area contributed by atoms with Crippen molar-refractivity contribution < 1.29 is 47.5 Å². The van der Waals surface area contributed by atoms with Crippen LogP contribution in [0.25, 0.3) is 0 Å². The fraction of sp³-hybridized carbons (Fsp3) is 0.870. The Balaban J connectivity index is 4.18. The molecule has 0 saturated heterocycles. The van der Waals surface area contributed by atoms with Crippen LogP contribution in [-0.2, 0) is 37.5 Å². The summed E-state index contributed by atoms with van der Waals surface area (Å²) in [6, 6.07) is -1.52. The molecule has 0 aromatic heterocycles. The summed E-state index contributed by atoms with van der Waals surface area (Å²) in [5.41, 5.74) is 5.36. The van der Waals surface area contributed by atoms with Crippen LogP contribution in [-0.4, -0.2) is 59.9 Å². The van der Waals surface area contributed by atoms with Crippen LogP contribution in [0.4, 0.5) is 0 Å². The Morgan fingerprint density at radius 3 is 1.11 bits per heavy atom. The van der Waals surface area contributed by atoms with Crippen LogP contribution >= 0.6 is 7.82 Å². The molecule has 0 amide bonds. The van der Waals surface area contributed by atoms with E-state index in [1.807, 2.05) is 0 Å². The predicted octanol–water partition coefficient (Wildman–Crippen LogP) is 15.7. The fourth-order valence-corrected chi connectivity index (χ4v) is 8.66. The van der Waals surface area contributed by atoms with Gasteiger partial charge in [0.2, 0.25) is 0 Å². The van der Waals surface area contributed by atoms with Gasteiger partial charge in [0.25, 0.3) is 0 Å².